The molecule has 1 N–H and O–H groups in total. The van der Waals surface area contributed by atoms with E-state index in [4.69, 9.17) is 4.74 Å². The summed E-state index contributed by atoms with van der Waals surface area (Å²) < 4.78 is 7.61. The highest BCUT2D eigenvalue weighted by Crippen LogP contribution is 2.26. The molecule has 1 amide bonds. The van der Waals surface area contributed by atoms with Crippen LogP contribution in [0.2, 0.25) is 0 Å². The first kappa shape index (κ1) is 14.6. The third-order valence-electron chi connectivity index (χ3n) is 4.21. The van der Waals surface area contributed by atoms with Crippen LogP contribution in [0.25, 0.3) is 0 Å². The second kappa shape index (κ2) is 6.22. The summed E-state index contributed by atoms with van der Waals surface area (Å²) in [4.78, 5) is 12.4. The van der Waals surface area contributed by atoms with Crippen molar-refractivity contribution in [3.05, 3.63) is 47.3 Å². The molecule has 2 heterocycles. The van der Waals surface area contributed by atoms with Gasteiger partial charge in [0.25, 0.3) is 0 Å². The van der Waals surface area contributed by atoms with Crippen molar-refractivity contribution in [3.8, 4) is 5.75 Å². The lowest BCUT2D eigenvalue weighted by molar-refractivity contribution is -0.126. The molecule has 116 valence electrons. The number of carbonyl (C=O) groups is 1. The van der Waals surface area contributed by atoms with Gasteiger partial charge < -0.3 is 10.1 Å². The standard InChI is InChI=1S/C17H21N3O2/c1-3-20-12(2)15(10-19-20)9-18-17(21)14-8-13-6-4-5-7-16(13)22-11-14/h4-7,10,14H,3,8-9,11H2,1-2H3,(H,18,21). The average Bonchev–Trinajstić information content (AvgIpc) is 2.92. The summed E-state index contributed by atoms with van der Waals surface area (Å²) in [6.45, 7) is 5.88. The predicted octanol–water partition coefficient (Wildman–Crippen LogP) is 2.08. The van der Waals surface area contributed by atoms with E-state index < -0.39 is 0 Å². The summed E-state index contributed by atoms with van der Waals surface area (Å²) in [5.74, 6) is 0.807. The summed E-state index contributed by atoms with van der Waals surface area (Å²) in [6.07, 6.45) is 2.56. The Kier molecular flexibility index (Phi) is 4.13. The molecule has 0 aliphatic carbocycles. The summed E-state index contributed by atoms with van der Waals surface area (Å²) in [5.41, 5.74) is 3.27. The van der Waals surface area contributed by atoms with Crippen LogP contribution in [0.4, 0.5) is 0 Å². The van der Waals surface area contributed by atoms with Crippen molar-refractivity contribution in [1.29, 1.82) is 0 Å². The fourth-order valence-corrected chi connectivity index (χ4v) is 2.80. The van der Waals surface area contributed by atoms with Gasteiger partial charge in [-0.1, -0.05) is 18.2 Å². The Hall–Kier alpha value is -2.30. The van der Waals surface area contributed by atoms with Gasteiger partial charge >= 0.3 is 0 Å². The van der Waals surface area contributed by atoms with Crippen molar-refractivity contribution in [1.82, 2.24) is 15.1 Å². The van der Waals surface area contributed by atoms with E-state index in [9.17, 15) is 4.79 Å². The molecule has 3 rings (SSSR count). The van der Waals surface area contributed by atoms with Gasteiger partial charge in [-0.05, 0) is 31.9 Å². The lowest BCUT2D eigenvalue weighted by Gasteiger charge is -2.24. The number of fused-ring (bicyclic) bond motifs is 1. The molecule has 2 aromatic rings. The largest absolute Gasteiger partial charge is 0.492 e. The maximum atomic E-state index is 12.4. The van der Waals surface area contributed by atoms with Crippen molar-refractivity contribution in [3.63, 3.8) is 0 Å². The van der Waals surface area contributed by atoms with Gasteiger partial charge in [-0.15, -0.1) is 0 Å². The smallest absolute Gasteiger partial charge is 0.227 e. The molecular weight excluding hydrogens is 278 g/mol. The summed E-state index contributed by atoms with van der Waals surface area (Å²) in [6, 6.07) is 7.90. The van der Waals surface area contributed by atoms with Crippen LogP contribution in [0.3, 0.4) is 0 Å². The number of nitrogens with zero attached hydrogens (tertiary/aromatic N) is 2. The zero-order valence-electron chi connectivity index (χ0n) is 13.0. The molecule has 0 saturated heterocycles. The number of carbonyl (C=O) groups excluding carboxylic acids is 1. The number of ether oxygens (including phenoxy) is 1. The summed E-state index contributed by atoms with van der Waals surface area (Å²) in [5, 5.41) is 7.30. The van der Waals surface area contributed by atoms with Crippen LogP contribution < -0.4 is 10.1 Å². The lowest BCUT2D eigenvalue weighted by Crippen LogP contribution is -2.37. The molecule has 0 radical (unpaired) electrons. The molecule has 1 aromatic heterocycles. The van der Waals surface area contributed by atoms with E-state index in [0.29, 0.717) is 13.2 Å². The highest BCUT2D eigenvalue weighted by Gasteiger charge is 2.25. The fraction of sp³-hybridized carbons (Fsp3) is 0.412. The van der Waals surface area contributed by atoms with Crippen LogP contribution in [0.15, 0.2) is 30.5 Å². The number of aryl methyl sites for hydroxylation is 1. The number of aromatic nitrogens is 2. The van der Waals surface area contributed by atoms with E-state index in [-0.39, 0.29) is 11.8 Å². The molecule has 1 aromatic carbocycles. The zero-order valence-corrected chi connectivity index (χ0v) is 13.0. The van der Waals surface area contributed by atoms with E-state index in [0.717, 1.165) is 35.5 Å². The topological polar surface area (TPSA) is 56.2 Å². The number of benzene rings is 1. The summed E-state index contributed by atoms with van der Waals surface area (Å²) in [7, 11) is 0. The molecule has 0 saturated carbocycles. The first-order chi connectivity index (χ1) is 10.7. The number of rotatable bonds is 4. The molecule has 5 nitrogen and oxygen atoms in total. The Morgan fingerprint density at radius 3 is 3.05 bits per heavy atom. The van der Waals surface area contributed by atoms with E-state index in [2.05, 4.69) is 17.3 Å². The molecule has 1 atom stereocenters. The van der Waals surface area contributed by atoms with Crippen molar-refractivity contribution in [2.45, 2.75) is 33.4 Å². The van der Waals surface area contributed by atoms with Crippen LogP contribution in [0.1, 0.15) is 23.7 Å². The average molecular weight is 299 g/mol. The monoisotopic (exact) mass is 299 g/mol. The SMILES string of the molecule is CCn1ncc(CNC(=O)C2COc3ccccc3C2)c1C. The van der Waals surface area contributed by atoms with Crippen molar-refractivity contribution in [2.24, 2.45) is 5.92 Å². The fourth-order valence-electron chi connectivity index (χ4n) is 2.80. The first-order valence-corrected chi connectivity index (χ1v) is 7.68. The Labute approximate surface area is 130 Å². The number of hydrogen-bond donors (Lipinski definition) is 1. The molecule has 22 heavy (non-hydrogen) atoms. The van der Waals surface area contributed by atoms with Gasteiger partial charge in [-0.2, -0.15) is 5.10 Å². The van der Waals surface area contributed by atoms with Crippen molar-refractivity contribution < 1.29 is 9.53 Å². The van der Waals surface area contributed by atoms with Crippen LogP contribution in [-0.4, -0.2) is 22.3 Å². The molecule has 5 heteroatoms. The van der Waals surface area contributed by atoms with Gasteiger partial charge in [0.15, 0.2) is 0 Å². The quantitative estimate of drug-likeness (QED) is 0.940. The Morgan fingerprint density at radius 2 is 2.27 bits per heavy atom. The van der Waals surface area contributed by atoms with Crippen molar-refractivity contribution in [2.75, 3.05) is 6.61 Å². The van der Waals surface area contributed by atoms with Crippen LogP contribution in [0, 0.1) is 12.8 Å². The lowest BCUT2D eigenvalue weighted by atomic mass is 9.96. The van der Waals surface area contributed by atoms with E-state index >= 15 is 0 Å². The Balaban J connectivity index is 1.60. The maximum absolute atomic E-state index is 12.4. The minimum absolute atomic E-state index is 0.0400. The van der Waals surface area contributed by atoms with Gasteiger partial charge in [0.2, 0.25) is 5.91 Å². The third kappa shape index (κ3) is 2.84. The molecular formula is C17H21N3O2. The summed E-state index contributed by atoms with van der Waals surface area (Å²) >= 11 is 0. The zero-order chi connectivity index (χ0) is 15.5. The second-order valence-corrected chi connectivity index (χ2v) is 5.61. The van der Waals surface area contributed by atoms with E-state index in [1.54, 1.807) is 0 Å². The number of para-hydroxylation sites is 1. The predicted molar refractivity (Wildman–Crippen MR) is 83.6 cm³/mol. The second-order valence-electron chi connectivity index (χ2n) is 5.61. The number of nitrogens with one attached hydrogen (secondary N) is 1. The Morgan fingerprint density at radius 1 is 1.45 bits per heavy atom. The molecule has 1 aliphatic heterocycles. The number of hydrogen-bond acceptors (Lipinski definition) is 3. The molecule has 0 bridgehead atoms. The van der Waals surface area contributed by atoms with Gasteiger partial charge in [-0.3, -0.25) is 9.48 Å². The molecule has 1 unspecified atom stereocenters. The highest BCUT2D eigenvalue weighted by atomic mass is 16.5. The molecule has 0 fully saturated rings. The van der Waals surface area contributed by atoms with E-state index in [1.807, 2.05) is 42.1 Å². The van der Waals surface area contributed by atoms with Gasteiger partial charge in [0.05, 0.1) is 12.1 Å². The maximum Gasteiger partial charge on any atom is 0.227 e. The van der Waals surface area contributed by atoms with E-state index in [1.165, 1.54) is 0 Å². The molecule has 0 spiro atoms. The van der Waals surface area contributed by atoms with Gasteiger partial charge in [0, 0.05) is 24.3 Å². The third-order valence-corrected chi connectivity index (χ3v) is 4.21. The normalized spacial score (nSPS) is 16.7. The highest BCUT2D eigenvalue weighted by molar-refractivity contribution is 5.79. The number of amides is 1. The first-order valence-electron chi connectivity index (χ1n) is 7.68. The van der Waals surface area contributed by atoms with Crippen LogP contribution >= 0.6 is 0 Å². The minimum Gasteiger partial charge on any atom is -0.492 e. The molecule has 1 aliphatic rings. The Bertz CT molecular complexity index is 678. The van der Waals surface area contributed by atoms with Crippen LogP contribution in [-0.2, 0) is 24.3 Å². The van der Waals surface area contributed by atoms with Crippen molar-refractivity contribution >= 4 is 5.91 Å². The van der Waals surface area contributed by atoms with Gasteiger partial charge in [0.1, 0.15) is 12.4 Å². The van der Waals surface area contributed by atoms with Gasteiger partial charge in [-0.25, -0.2) is 0 Å². The van der Waals surface area contributed by atoms with Crippen LogP contribution in [0.5, 0.6) is 5.75 Å². The minimum atomic E-state index is -0.128.